The van der Waals surface area contributed by atoms with Crippen LogP contribution in [-0.4, -0.2) is 18.4 Å². The minimum atomic E-state index is -0.454. The molecular formula is C13H22N2O2. The van der Waals surface area contributed by atoms with Crippen LogP contribution < -0.4 is 5.43 Å². The summed E-state index contributed by atoms with van der Waals surface area (Å²) < 4.78 is 4.81. The maximum absolute atomic E-state index is 11.2. The molecule has 17 heavy (non-hydrogen) atoms. The van der Waals surface area contributed by atoms with Crippen molar-refractivity contribution in [1.82, 2.24) is 5.43 Å². The van der Waals surface area contributed by atoms with E-state index in [1.165, 1.54) is 12.8 Å². The van der Waals surface area contributed by atoms with Crippen molar-refractivity contribution in [2.45, 2.75) is 47.0 Å². The highest BCUT2D eigenvalue weighted by Crippen LogP contribution is 2.63. The molecule has 2 rings (SSSR count). The monoisotopic (exact) mass is 238 g/mol. The molecule has 4 heteroatoms. The average Bonchev–Trinajstić information content (AvgIpc) is 2.59. The summed E-state index contributed by atoms with van der Waals surface area (Å²) in [5.74, 6) is 0.704. The lowest BCUT2D eigenvalue weighted by molar-refractivity contribution is 0.152. The van der Waals surface area contributed by atoms with Gasteiger partial charge in [-0.3, -0.25) is 0 Å². The van der Waals surface area contributed by atoms with Gasteiger partial charge in [-0.2, -0.15) is 5.10 Å². The minimum Gasteiger partial charge on any atom is -0.449 e. The Hall–Kier alpha value is -1.06. The number of carbonyl (C=O) groups is 1. The summed E-state index contributed by atoms with van der Waals surface area (Å²) >= 11 is 0. The first kappa shape index (κ1) is 12.4. The molecule has 0 aromatic heterocycles. The van der Waals surface area contributed by atoms with Crippen molar-refractivity contribution < 1.29 is 9.53 Å². The highest BCUT2D eigenvalue weighted by Gasteiger charge is 2.59. The molecule has 0 radical (unpaired) electrons. The first-order valence-electron chi connectivity index (χ1n) is 6.41. The number of rotatable bonds is 2. The van der Waals surface area contributed by atoms with Crippen LogP contribution in [0.4, 0.5) is 4.79 Å². The lowest BCUT2D eigenvalue weighted by Crippen LogP contribution is -2.34. The van der Waals surface area contributed by atoms with Crippen LogP contribution in [0.2, 0.25) is 0 Å². The van der Waals surface area contributed by atoms with E-state index in [4.69, 9.17) is 4.74 Å². The third-order valence-electron chi connectivity index (χ3n) is 5.07. The Morgan fingerprint density at radius 2 is 2.24 bits per heavy atom. The molecule has 0 spiro atoms. The topological polar surface area (TPSA) is 50.7 Å². The smallest absolute Gasteiger partial charge is 0.427 e. The predicted molar refractivity (Wildman–Crippen MR) is 66.8 cm³/mol. The van der Waals surface area contributed by atoms with E-state index in [1.807, 2.05) is 0 Å². The van der Waals surface area contributed by atoms with Crippen molar-refractivity contribution in [2.24, 2.45) is 21.8 Å². The zero-order valence-electron chi connectivity index (χ0n) is 11.2. The summed E-state index contributed by atoms with van der Waals surface area (Å²) in [5, 5.41) is 4.28. The van der Waals surface area contributed by atoms with Gasteiger partial charge in [0.1, 0.15) is 0 Å². The van der Waals surface area contributed by atoms with Crippen molar-refractivity contribution in [3.05, 3.63) is 0 Å². The Bertz CT molecular complexity index is 362. The number of hydrogen-bond acceptors (Lipinski definition) is 3. The standard InChI is InChI=1S/C13H22N2O2/c1-5-17-11(16)15-14-10-8-9-6-7-13(10,4)12(9,2)3/h9H,5-8H2,1-4H3,(H,15,16)/b14-10-/t9-,13+/m0/s1. The van der Waals surface area contributed by atoms with Gasteiger partial charge in [-0.25, -0.2) is 10.2 Å². The first-order valence-corrected chi connectivity index (χ1v) is 6.41. The predicted octanol–water partition coefficient (Wildman–Crippen LogP) is 2.93. The number of amides is 1. The molecule has 0 heterocycles. The maximum Gasteiger partial charge on any atom is 0.427 e. The summed E-state index contributed by atoms with van der Waals surface area (Å²) in [6, 6.07) is 0. The Kier molecular flexibility index (Phi) is 2.92. The zero-order valence-corrected chi connectivity index (χ0v) is 11.2. The highest BCUT2D eigenvalue weighted by atomic mass is 16.5. The molecule has 0 unspecified atom stereocenters. The second kappa shape index (κ2) is 4.00. The molecule has 0 aromatic carbocycles. The van der Waals surface area contributed by atoms with Crippen molar-refractivity contribution in [2.75, 3.05) is 6.61 Å². The number of nitrogens with one attached hydrogen (secondary N) is 1. The van der Waals surface area contributed by atoms with Gasteiger partial charge in [-0.15, -0.1) is 0 Å². The van der Waals surface area contributed by atoms with Crippen LogP contribution in [-0.2, 0) is 4.74 Å². The Balaban J connectivity index is 2.10. The van der Waals surface area contributed by atoms with E-state index in [0.29, 0.717) is 17.9 Å². The van der Waals surface area contributed by atoms with Crippen LogP contribution in [0.3, 0.4) is 0 Å². The Morgan fingerprint density at radius 3 is 2.71 bits per heavy atom. The van der Waals surface area contributed by atoms with Gasteiger partial charge in [0, 0.05) is 11.1 Å². The zero-order chi connectivity index (χ0) is 12.7. The number of carbonyl (C=O) groups excluding carboxylic acids is 1. The molecule has 2 saturated carbocycles. The number of hydrogen-bond donors (Lipinski definition) is 1. The van der Waals surface area contributed by atoms with E-state index in [-0.39, 0.29) is 5.41 Å². The van der Waals surface area contributed by atoms with Gasteiger partial charge in [0.15, 0.2) is 0 Å². The van der Waals surface area contributed by atoms with Gasteiger partial charge >= 0.3 is 6.09 Å². The summed E-state index contributed by atoms with van der Waals surface area (Å²) in [6.45, 7) is 9.07. The fourth-order valence-electron chi connectivity index (χ4n) is 3.37. The molecular weight excluding hydrogens is 216 g/mol. The van der Waals surface area contributed by atoms with Gasteiger partial charge in [0.2, 0.25) is 0 Å². The minimum absolute atomic E-state index is 0.136. The van der Waals surface area contributed by atoms with Crippen molar-refractivity contribution in [1.29, 1.82) is 0 Å². The summed E-state index contributed by atoms with van der Waals surface area (Å²) in [6.07, 6.45) is 3.01. The van der Waals surface area contributed by atoms with Crippen molar-refractivity contribution in [3.63, 3.8) is 0 Å². The van der Waals surface area contributed by atoms with E-state index < -0.39 is 6.09 Å². The number of fused-ring (bicyclic) bond motifs is 2. The van der Waals surface area contributed by atoms with Crippen LogP contribution >= 0.6 is 0 Å². The van der Waals surface area contributed by atoms with E-state index >= 15 is 0 Å². The maximum atomic E-state index is 11.2. The lowest BCUT2D eigenvalue weighted by atomic mass is 9.70. The van der Waals surface area contributed by atoms with Crippen LogP contribution in [0.15, 0.2) is 5.10 Å². The quantitative estimate of drug-likeness (QED) is 0.752. The average molecular weight is 238 g/mol. The van der Waals surface area contributed by atoms with Gasteiger partial charge in [0.05, 0.1) is 6.61 Å². The molecule has 2 bridgehead atoms. The van der Waals surface area contributed by atoms with Crippen LogP contribution in [0.25, 0.3) is 0 Å². The SMILES string of the molecule is CCOC(=O)N/N=C1/C[C@@H]2CC[C@@]1(C)C2(C)C. The van der Waals surface area contributed by atoms with Gasteiger partial charge in [-0.05, 0) is 37.5 Å². The fourth-order valence-corrected chi connectivity index (χ4v) is 3.37. The molecule has 0 saturated heterocycles. The second-order valence-corrected chi connectivity index (χ2v) is 5.88. The fraction of sp³-hybridized carbons (Fsp3) is 0.846. The third-order valence-corrected chi connectivity index (χ3v) is 5.07. The molecule has 0 aromatic rings. The van der Waals surface area contributed by atoms with Gasteiger partial charge < -0.3 is 4.74 Å². The third kappa shape index (κ3) is 1.74. The number of nitrogens with zero attached hydrogens (tertiary/aromatic N) is 1. The van der Waals surface area contributed by atoms with Gasteiger partial charge in [0.25, 0.3) is 0 Å². The normalized spacial score (nSPS) is 36.2. The Morgan fingerprint density at radius 1 is 1.53 bits per heavy atom. The molecule has 2 aliphatic rings. The van der Waals surface area contributed by atoms with Crippen LogP contribution in [0.1, 0.15) is 47.0 Å². The van der Waals surface area contributed by atoms with Crippen LogP contribution in [0.5, 0.6) is 0 Å². The molecule has 1 N–H and O–H groups in total. The molecule has 2 aliphatic carbocycles. The lowest BCUT2D eigenvalue weighted by Gasteiger charge is -2.34. The molecule has 2 atom stereocenters. The molecule has 4 nitrogen and oxygen atoms in total. The Labute approximate surface area is 103 Å². The van der Waals surface area contributed by atoms with Crippen molar-refractivity contribution in [3.8, 4) is 0 Å². The van der Waals surface area contributed by atoms with E-state index in [0.717, 1.165) is 12.1 Å². The first-order chi connectivity index (χ1) is 7.91. The van der Waals surface area contributed by atoms with E-state index in [1.54, 1.807) is 6.92 Å². The van der Waals surface area contributed by atoms with E-state index in [9.17, 15) is 4.79 Å². The second-order valence-electron chi connectivity index (χ2n) is 5.88. The summed E-state index contributed by atoms with van der Waals surface area (Å²) in [5.41, 5.74) is 4.06. The number of ether oxygens (including phenoxy) is 1. The summed E-state index contributed by atoms with van der Waals surface area (Å²) in [4.78, 5) is 11.2. The largest absolute Gasteiger partial charge is 0.449 e. The van der Waals surface area contributed by atoms with Crippen LogP contribution in [0, 0.1) is 16.7 Å². The molecule has 1 amide bonds. The van der Waals surface area contributed by atoms with Gasteiger partial charge in [-0.1, -0.05) is 20.8 Å². The molecule has 96 valence electrons. The summed E-state index contributed by atoms with van der Waals surface area (Å²) in [7, 11) is 0. The highest BCUT2D eigenvalue weighted by molar-refractivity contribution is 5.94. The number of hydrazone groups is 1. The molecule has 2 fully saturated rings. The van der Waals surface area contributed by atoms with E-state index in [2.05, 4.69) is 31.3 Å². The van der Waals surface area contributed by atoms with Crippen molar-refractivity contribution >= 4 is 11.8 Å². The molecule has 0 aliphatic heterocycles.